The highest BCUT2D eigenvalue weighted by Crippen LogP contribution is 2.51. The Bertz CT molecular complexity index is 294. The van der Waals surface area contributed by atoms with Gasteiger partial charge in [-0.05, 0) is 44.6 Å². The van der Waals surface area contributed by atoms with Crippen LogP contribution in [0.5, 0.6) is 0 Å². The Labute approximate surface area is 93.6 Å². The molecule has 0 radical (unpaired) electrons. The molecule has 4 heteroatoms. The van der Waals surface area contributed by atoms with Crippen LogP contribution in [0.3, 0.4) is 0 Å². The van der Waals surface area contributed by atoms with E-state index in [1.54, 1.807) is 0 Å². The molecule has 0 bridgehead atoms. The normalized spacial score (nSPS) is 21.3. The van der Waals surface area contributed by atoms with Crippen molar-refractivity contribution in [2.24, 2.45) is 5.41 Å². The van der Waals surface area contributed by atoms with E-state index in [-0.39, 0.29) is 5.41 Å². The van der Waals surface area contributed by atoms with Crippen molar-refractivity contribution in [3.63, 3.8) is 0 Å². The van der Waals surface area contributed by atoms with Crippen LogP contribution in [-0.4, -0.2) is 33.0 Å². The van der Waals surface area contributed by atoms with E-state index in [4.69, 9.17) is 0 Å². The summed E-state index contributed by atoms with van der Waals surface area (Å²) in [5, 5.41) is 3.48. The van der Waals surface area contributed by atoms with Crippen LogP contribution < -0.4 is 5.32 Å². The predicted octanol–water partition coefficient (Wildman–Crippen LogP) is 1.59. The molecule has 15 heavy (non-hydrogen) atoms. The molecule has 1 saturated carbocycles. The van der Waals surface area contributed by atoms with Crippen molar-refractivity contribution in [1.82, 2.24) is 5.32 Å². The molecule has 0 spiro atoms. The van der Waals surface area contributed by atoms with Gasteiger partial charge >= 0.3 is 0 Å². The van der Waals surface area contributed by atoms with Gasteiger partial charge in [0.15, 0.2) is 0 Å². The van der Waals surface area contributed by atoms with E-state index in [1.807, 2.05) is 0 Å². The molecule has 1 unspecified atom stereocenters. The number of nitrogens with one attached hydrogen (secondary N) is 1. The highest BCUT2D eigenvalue weighted by atomic mass is 32.2. The maximum Gasteiger partial charge on any atom is 0.147 e. The summed E-state index contributed by atoms with van der Waals surface area (Å²) in [6, 6.07) is 0.458. The molecule has 0 aromatic heterocycles. The molecule has 1 atom stereocenters. The molecular weight excluding hydrogens is 210 g/mol. The van der Waals surface area contributed by atoms with E-state index in [0.717, 1.165) is 19.4 Å². The van der Waals surface area contributed by atoms with E-state index >= 15 is 0 Å². The van der Waals surface area contributed by atoms with Gasteiger partial charge in [0.2, 0.25) is 0 Å². The maximum atomic E-state index is 11.1. The van der Waals surface area contributed by atoms with Gasteiger partial charge in [0, 0.05) is 12.3 Å². The average Bonchev–Trinajstić information content (AvgIpc) is 2.91. The Hall–Kier alpha value is -0.0900. The molecule has 0 aromatic rings. The molecular formula is C11H23NO2S. The van der Waals surface area contributed by atoms with Crippen LogP contribution in [0.2, 0.25) is 0 Å². The zero-order valence-corrected chi connectivity index (χ0v) is 10.9. The summed E-state index contributed by atoms with van der Waals surface area (Å²) in [7, 11) is -2.80. The summed E-state index contributed by atoms with van der Waals surface area (Å²) in [6.45, 7) is 5.36. The predicted molar refractivity (Wildman–Crippen MR) is 63.8 cm³/mol. The Morgan fingerprint density at radius 3 is 2.40 bits per heavy atom. The molecule has 1 aliphatic rings. The fraction of sp³-hybridized carbons (Fsp3) is 1.00. The maximum absolute atomic E-state index is 11.1. The summed E-state index contributed by atoms with van der Waals surface area (Å²) in [5.74, 6) is 0.338. The number of hydrogen-bond acceptors (Lipinski definition) is 3. The highest BCUT2D eigenvalue weighted by molar-refractivity contribution is 7.90. The largest absolute Gasteiger partial charge is 0.314 e. The SMILES string of the molecule is CCCNC(C)C1(CCS(C)(=O)=O)CC1. The van der Waals surface area contributed by atoms with E-state index in [0.29, 0.717) is 11.8 Å². The molecule has 0 heterocycles. The van der Waals surface area contributed by atoms with Crippen molar-refractivity contribution in [2.75, 3.05) is 18.6 Å². The van der Waals surface area contributed by atoms with Crippen LogP contribution in [-0.2, 0) is 9.84 Å². The van der Waals surface area contributed by atoms with Crippen molar-refractivity contribution in [3.05, 3.63) is 0 Å². The second kappa shape index (κ2) is 4.83. The topological polar surface area (TPSA) is 46.2 Å². The lowest BCUT2D eigenvalue weighted by atomic mass is 9.95. The minimum Gasteiger partial charge on any atom is -0.314 e. The van der Waals surface area contributed by atoms with Gasteiger partial charge in [-0.3, -0.25) is 0 Å². The first-order valence-electron chi connectivity index (χ1n) is 5.81. The van der Waals surface area contributed by atoms with Gasteiger partial charge in [0.1, 0.15) is 9.84 Å². The lowest BCUT2D eigenvalue weighted by molar-refractivity contribution is 0.343. The van der Waals surface area contributed by atoms with Crippen LogP contribution in [0.4, 0.5) is 0 Å². The first kappa shape index (κ1) is 13.0. The summed E-state index contributed by atoms with van der Waals surface area (Å²) < 4.78 is 22.2. The van der Waals surface area contributed by atoms with E-state index < -0.39 is 9.84 Å². The van der Waals surface area contributed by atoms with Gasteiger partial charge < -0.3 is 5.32 Å². The average molecular weight is 233 g/mol. The van der Waals surface area contributed by atoms with Gasteiger partial charge in [-0.1, -0.05) is 6.92 Å². The van der Waals surface area contributed by atoms with Gasteiger partial charge in [-0.15, -0.1) is 0 Å². The van der Waals surface area contributed by atoms with Crippen molar-refractivity contribution >= 4 is 9.84 Å². The minimum absolute atomic E-state index is 0.276. The van der Waals surface area contributed by atoms with Crippen LogP contribution in [0.1, 0.15) is 39.5 Å². The van der Waals surface area contributed by atoms with Gasteiger partial charge in [-0.25, -0.2) is 8.42 Å². The van der Waals surface area contributed by atoms with Crippen LogP contribution in [0.25, 0.3) is 0 Å². The van der Waals surface area contributed by atoms with Crippen LogP contribution in [0.15, 0.2) is 0 Å². The van der Waals surface area contributed by atoms with E-state index in [1.165, 1.54) is 19.1 Å². The molecule has 0 aromatic carbocycles. The third-order valence-corrected chi connectivity index (χ3v) is 4.43. The fourth-order valence-corrected chi connectivity index (χ4v) is 2.80. The van der Waals surface area contributed by atoms with Gasteiger partial charge in [0.25, 0.3) is 0 Å². The quantitative estimate of drug-likeness (QED) is 0.726. The monoisotopic (exact) mass is 233 g/mol. The summed E-state index contributed by atoms with van der Waals surface area (Å²) in [6.07, 6.45) is 5.64. The third-order valence-electron chi connectivity index (χ3n) is 3.48. The molecule has 0 saturated heterocycles. The van der Waals surface area contributed by atoms with Gasteiger partial charge in [-0.2, -0.15) is 0 Å². The second-order valence-electron chi connectivity index (χ2n) is 4.92. The van der Waals surface area contributed by atoms with Crippen molar-refractivity contribution in [2.45, 2.75) is 45.6 Å². The van der Waals surface area contributed by atoms with Gasteiger partial charge in [0.05, 0.1) is 5.75 Å². The fourth-order valence-electron chi connectivity index (χ4n) is 2.03. The Balaban J connectivity index is 2.39. The van der Waals surface area contributed by atoms with Crippen molar-refractivity contribution in [3.8, 4) is 0 Å². The highest BCUT2D eigenvalue weighted by Gasteiger charge is 2.46. The Morgan fingerprint density at radius 2 is 2.00 bits per heavy atom. The standard InChI is InChI=1S/C11H23NO2S/c1-4-8-12-10(2)11(5-6-11)7-9-15(3,13)14/h10,12H,4-9H2,1-3H3. The zero-order valence-electron chi connectivity index (χ0n) is 10.0. The van der Waals surface area contributed by atoms with Crippen LogP contribution in [0, 0.1) is 5.41 Å². The van der Waals surface area contributed by atoms with E-state index in [2.05, 4.69) is 19.2 Å². The molecule has 0 aliphatic heterocycles. The second-order valence-corrected chi connectivity index (χ2v) is 7.18. The minimum atomic E-state index is -2.80. The van der Waals surface area contributed by atoms with Crippen molar-refractivity contribution < 1.29 is 8.42 Å². The summed E-state index contributed by atoms with van der Waals surface area (Å²) in [5.41, 5.74) is 0.276. The van der Waals surface area contributed by atoms with Crippen LogP contribution >= 0.6 is 0 Å². The number of sulfone groups is 1. The third kappa shape index (κ3) is 4.11. The number of rotatable bonds is 7. The molecule has 0 amide bonds. The first-order chi connectivity index (χ1) is 6.90. The molecule has 90 valence electrons. The zero-order chi connectivity index (χ0) is 11.5. The first-order valence-corrected chi connectivity index (χ1v) is 7.87. The molecule has 1 rings (SSSR count). The lowest BCUT2D eigenvalue weighted by Crippen LogP contribution is -2.36. The smallest absolute Gasteiger partial charge is 0.147 e. The van der Waals surface area contributed by atoms with Crippen molar-refractivity contribution in [1.29, 1.82) is 0 Å². The molecule has 3 nitrogen and oxygen atoms in total. The lowest BCUT2D eigenvalue weighted by Gasteiger charge is -2.24. The number of hydrogen-bond donors (Lipinski definition) is 1. The molecule has 1 N–H and O–H groups in total. The molecule has 1 aliphatic carbocycles. The molecule has 1 fully saturated rings. The van der Waals surface area contributed by atoms with E-state index in [9.17, 15) is 8.42 Å². The Kier molecular flexibility index (Phi) is 4.18. The summed E-state index contributed by atoms with van der Waals surface area (Å²) in [4.78, 5) is 0. The Morgan fingerprint density at radius 1 is 1.40 bits per heavy atom. The summed E-state index contributed by atoms with van der Waals surface area (Å²) >= 11 is 0.